The predicted octanol–water partition coefficient (Wildman–Crippen LogP) is 8.37. The number of hydrogen-bond donors (Lipinski definition) is 0. The molecule has 2 aromatic rings. The Labute approximate surface area is 195 Å². The minimum atomic E-state index is -0.378. The lowest BCUT2D eigenvalue weighted by atomic mass is 10.0. The van der Waals surface area contributed by atoms with Gasteiger partial charge in [-0.2, -0.15) is 0 Å². The molecule has 0 radical (unpaired) electrons. The summed E-state index contributed by atoms with van der Waals surface area (Å²) in [5.74, 6) is 0.829. The average molecular weight is 455 g/mol. The van der Waals surface area contributed by atoms with Crippen molar-refractivity contribution >= 4 is 26.5 Å². The van der Waals surface area contributed by atoms with Gasteiger partial charge in [-0.15, -0.1) is 0 Å². The van der Waals surface area contributed by atoms with E-state index in [-0.39, 0.29) is 15.8 Å². The second kappa shape index (κ2) is 9.65. The summed E-state index contributed by atoms with van der Waals surface area (Å²) in [5.41, 5.74) is 4.52. The van der Waals surface area contributed by atoms with E-state index in [2.05, 4.69) is 111 Å². The molecule has 3 atom stereocenters. The van der Waals surface area contributed by atoms with Crippen molar-refractivity contribution in [3.05, 3.63) is 59.7 Å². The lowest BCUT2D eigenvalue weighted by Crippen LogP contribution is -2.37. The Morgan fingerprint density at radius 2 is 1.19 bits per heavy atom. The lowest BCUT2D eigenvalue weighted by Gasteiger charge is -2.49. The molecule has 0 saturated heterocycles. The number of rotatable bonds is 5. The van der Waals surface area contributed by atoms with Crippen LogP contribution < -0.4 is 10.6 Å². The topological polar surface area (TPSA) is 0 Å². The Hall–Kier alpha value is -0.700. The van der Waals surface area contributed by atoms with E-state index in [1.54, 1.807) is 10.6 Å². The van der Waals surface area contributed by atoms with Crippen molar-refractivity contribution in [2.24, 2.45) is 5.92 Å². The molecular weight excluding hydrogens is 410 g/mol. The van der Waals surface area contributed by atoms with Crippen molar-refractivity contribution in [3.63, 3.8) is 0 Å². The molecule has 0 nitrogen and oxygen atoms in total. The largest absolute Gasteiger partial charge is 0.0921 e. The predicted molar refractivity (Wildman–Crippen MR) is 146 cm³/mol. The molecule has 1 fully saturated rings. The molecule has 31 heavy (non-hydrogen) atoms. The van der Waals surface area contributed by atoms with Crippen molar-refractivity contribution in [2.75, 3.05) is 0 Å². The van der Waals surface area contributed by atoms with Crippen LogP contribution in [-0.2, 0) is 0 Å². The molecule has 0 N–H and O–H groups in total. The maximum atomic E-state index is 2.60. The highest BCUT2D eigenvalue weighted by molar-refractivity contribution is 7.73. The molecule has 0 aliphatic heterocycles. The van der Waals surface area contributed by atoms with Crippen molar-refractivity contribution in [1.29, 1.82) is 0 Å². The molecule has 0 amide bonds. The Morgan fingerprint density at radius 1 is 0.742 bits per heavy atom. The lowest BCUT2D eigenvalue weighted by molar-refractivity contribution is 0.531. The molecule has 3 rings (SSSR count). The molecule has 1 aliphatic carbocycles. The zero-order valence-corrected chi connectivity index (χ0v) is 23.2. The summed E-state index contributed by atoms with van der Waals surface area (Å²) in [4.78, 5) is 0. The third-order valence-corrected chi connectivity index (χ3v) is 14.5. The van der Waals surface area contributed by atoms with E-state index in [4.69, 9.17) is 0 Å². The fraction of sp³-hybridized carbons (Fsp3) is 0.586. The van der Waals surface area contributed by atoms with Crippen LogP contribution in [0.15, 0.2) is 48.5 Å². The van der Waals surface area contributed by atoms with Crippen LogP contribution in [0.1, 0.15) is 78.9 Å². The third kappa shape index (κ3) is 5.45. The van der Waals surface area contributed by atoms with Gasteiger partial charge in [0.15, 0.2) is 0 Å². The normalized spacial score (nSPS) is 21.1. The summed E-state index contributed by atoms with van der Waals surface area (Å²) < 4.78 is 0. The van der Waals surface area contributed by atoms with Gasteiger partial charge in [0, 0.05) is 0 Å². The number of benzene rings is 2. The number of aryl methyl sites for hydroxylation is 2. The van der Waals surface area contributed by atoms with E-state index in [9.17, 15) is 0 Å². The fourth-order valence-corrected chi connectivity index (χ4v) is 14.9. The van der Waals surface area contributed by atoms with E-state index in [1.165, 1.54) is 30.4 Å². The zero-order valence-electron chi connectivity index (χ0n) is 21.4. The van der Waals surface area contributed by atoms with Crippen LogP contribution in [0, 0.1) is 19.8 Å². The average Bonchev–Trinajstić information content (AvgIpc) is 3.11. The fourth-order valence-electron chi connectivity index (χ4n) is 6.28. The summed E-state index contributed by atoms with van der Waals surface area (Å²) in [7, 11) is -0.461. The van der Waals surface area contributed by atoms with Crippen LogP contribution >= 0.6 is 15.8 Å². The van der Waals surface area contributed by atoms with E-state index >= 15 is 0 Å². The quantitative estimate of drug-likeness (QED) is 0.398. The van der Waals surface area contributed by atoms with Gasteiger partial charge in [0.1, 0.15) is 0 Å². The van der Waals surface area contributed by atoms with Crippen LogP contribution in [0.25, 0.3) is 0 Å². The van der Waals surface area contributed by atoms with Crippen LogP contribution in [0.5, 0.6) is 0 Å². The highest BCUT2D eigenvalue weighted by Gasteiger charge is 2.47. The molecule has 170 valence electrons. The molecule has 0 spiro atoms. The van der Waals surface area contributed by atoms with Gasteiger partial charge in [0.05, 0.1) is 0 Å². The second-order valence-corrected chi connectivity index (χ2v) is 18.2. The first-order chi connectivity index (χ1) is 14.4. The Bertz CT molecular complexity index is 811. The summed E-state index contributed by atoms with van der Waals surface area (Å²) in [6, 6.07) is 18.4. The highest BCUT2D eigenvalue weighted by Crippen LogP contribution is 2.68. The first kappa shape index (κ1) is 24.9. The second-order valence-electron chi connectivity index (χ2n) is 11.6. The molecule has 1 unspecified atom stereocenters. The first-order valence-corrected chi connectivity index (χ1v) is 14.9. The van der Waals surface area contributed by atoms with E-state index < -0.39 is 0 Å². The highest BCUT2D eigenvalue weighted by atomic mass is 31.1. The maximum absolute atomic E-state index is 2.60. The van der Waals surface area contributed by atoms with Gasteiger partial charge in [0.2, 0.25) is 0 Å². The van der Waals surface area contributed by atoms with Gasteiger partial charge < -0.3 is 0 Å². The van der Waals surface area contributed by atoms with Crippen LogP contribution in [0.4, 0.5) is 0 Å². The van der Waals surface area contributed by atoms with Gasteiger partial charge >= 0.3 is 0 Å². The van der Waals surface area contributed by atoms with Gasteiger partial charge in [-0.05, 0) is 83.9 Å². The molecule has 1 aliphatic rings. The van der Waals surface area contributed by atoms with Crippen LogP contribution in [0.2, 0.25) is 0 Å². The summed E-state index contributed by atoms with van der Waals surface area (Å²) in [5, 5.41) is 3.99. The SMILES string of the molecule is Cc1ccccc1P(c1ccccc1C)[C@H](C)C1CCC[C@@H]1P(C(C)(C)C)C(C)(C)C. The van der Waals surface area contributed by atoms with Crippen LogP contribution in [0.3, 0.4) is 0 Å². The minimum Gasteiger partial charge on any atom is -0.0921 e. The summed E-state index contributed by atoms with van der Waals surface area (Å²) >= 11 is 0. The third-order valence-electron chi connectivity index (χ3n) is 7.09. The standard InChI is InChI=1S/C29H44P2/c1-21-15-10-12-18-25(21)30(26-19-13-11-16-22(26)2)23(3)24-17-14-20-27(24)31(28(4,5)6)29(7,8)9/h10-13,15-16,18-19,23-24,27H,14,17,20H2,1-9H3/t23-,24?,27+/m1/s1. The molecule has 0 bridgehead atoms. The monoisotopic (exact) mass is 454 g/mol. The van der Waals surface area contributed by atoms with Gasteiger partial charge in [0.25, 0.3) is 0 Å². The molecule has 2 heteroatoms. The minimum absolute atomic E-state index is 0.0832. The van der Waals surface area contributed by atoms with Gasteiger partial charge in [-0.25, -0.2) is 0 Å². The first-order valence-electron chi connectivity index (χ1n) is 12.1. The molecule has 0 aromatic heterocycles. The molecule has 0 heterocycles. The van der Waals surface area contributed by atoms with E-state index in [0.717, 1.165) is 11.6 Å². The maximum Gasteiger partial charge on any atom is -0.0123 e. The van der Waals surface area contributed by atoms with Gasteiger partial charge in [-0.3, -0.25) is 0 Å². The van der Waals surface area contributed by atoms with Crippen molar-refractivity contribution in [2.45, 2.75) is 103 Å². The molecule has 2 aromatic carbocycles. The van der Waals surface area contributed by atoms with E-state index in [1.807, 2.05) is 0 Å². The van der Waals surface area contributed by atoms with Crippen molar-refractivity contribution in [3.8, 4) is 0 Å². The van der Waals surface area contributed by atoms with E-state index in [0.29, 0.717) is 16.0 Å². The number of hydrogen-bond acceptors (Lipinski definition) is 0. The van der Waals surface area contributed by atoms with Gasteiger partial charge in [-0.1, -0.05) is 111 Å². The Morgan fingerprint density at radius 3 is 1.61 bits per heavy atom. The summed E-state index contributed by atoms with van der Waals surface area (Å²) in [6.07, 6.45) is 4.25. The Balaban J connectivity index is 2.08. The smallest absolute Gasteiger partial charge is 0.0123 e. The van der Waals surface area contributed by atoms with Crippen molar-refractivity contribution in [1.82, 2.24) is 0 Å². The zero-order chi connectivity index (χ0) is 23.0. The summed E-state index contributed by atoms with van der Waals surface area (Å²) in [6.45, 7) is 22.3. The van der Waals surface area contributed by atoms with Crippen LogP contribution in [-0.4, -0.2) is 21.6 Å². The van der Waals surface area contributed by atoms with Crippen molar-refractivity contribution < 1.29 is 0 Å². The Kier molecular flexibility index (Phi) is 7.77. The molecular formula is C29H44P2. The molecule has 1 saturated carbocycles.